The number of anilines is 2. The summed E-state index contributed by atoms with van der Waals surface area (Å²) in [7, 11) is 3.74. The molecule has 1 aromatic heterocycles. The van der Waals surface area contributed by atoms with Crippen LogP contribution in [0.3, 0.4) is 0 Å². The van der Waals surface area contributed by atoms with E-state index in [0.29, 0.717) is 17.3 Å². The molecule has 3 rings (SSSR count). The summed E-state index contributed by atoms with van der Waals surface area (Å²) < 4.78 is 10.9. The molecule has 122 valence electrons. The van der Waals surface area contributed by atoms with E-state index in [1.807, 2.05) is 24.3 Å². The predicted molar refractivity (Wildman–Crippen MR) is 89.2 cm³/mol. The number of hydrogen-bond donors (Lipinski definition) is 1. The van der Waals surface area contributed by atoms with Crippen LogP contribution in [0.4, 0.5) is 11.5 Å². The van der Waals surface area contributed by atoms with Crippen LogP contribution in [-0.2, 0) is 0 Å². The fourth-order valence-corrected chi connectivity index (χ4v) is 2.48. The summed E-state index contributed by atoms with van der Waals surface area (Å²) in [4.78, 5) is 12.9. The van der Waals surface area contributed by atoms with Gasteiger partial charge < -0.3 is 25.0 Å². The van der Waals surface area contributed by atoms with Gasteiger partial charge in [-0.25, -0.2) is 4.98 Å². The molecule has 0 unspecified atom stereocenters. The van der Waals surface area contributed by atoms with Crippen LogP contribution >= 0.6 is 0 Å². The van der Waals surface area contributed by atoms with Gasteiger partial charge in [0.25, 0.3) is 0 Å². The molecule has 23 heavy (non-hydrogen) atoms. The van der Waals surface area contributed by atoms with Crippen LogP contribution in [0.1, 0.15) is 0 Å². The van der Waals surface area contributed by atoms with Crippen molar-refractivity contribution in [1.82, 2.24) is 14.9 Å². The monoisotopic (exact) mass is 315 g/mol. The first-order valence-corrected chi connectivity index (χ1v) is 7.53. The van der Waals surface area contributed by atoms with Gasteiger partial charge in [-0.15, -0.1) is 0 Å². The Morgan fingerprint density at radius 1 is 1.00 bits per heavy atom. The molecule has 2 N–H and O–H groups in total. The number of ether oxygens (including phenoxy) is 2. The molecular formula is C16H21N5O2. The minimum atomic E-state index is 0.374. The van der Waals surface area contributed by atoms with E-state index in [9.17, 15) is 0 Å². The van der Waals surface area contributed by atoms with Crippen molar-refractivity contribution in [2.24, 2.45) is 0 Å². The van der Waals surface area contributed by atoms with Crippen LogP contribution in [-0.4, -0.2) is 55.2 Å². The third kappa shape index (κ3) is 3.45. The van der Waals surface area contributed by atoms with Crippen molar-refractivity contribution in [3.05, 3.63) is 30.6 Å². The number of nitrogens with zero attached hydrogens (tertiary/aromatic N) is 4. The largest absolute Gasteiger partial charge is 0.497 e. The second-order valence-corrected chi connectivity index (χ2v) is 5.48. The van der Waals surface area contributed by atoms with E-state index in [2.05, 4.69) is 26.8 Å². The summed E-state index contributed by atoms with van der Waals surface area (Å²) in [6, 6.07) is 7.29. The molecule has 0 atom stereocenters. The topological polar surface area (TPSA) is 76.7 Å². The zero-order chi connectivity index (χ0) is 16.2. The summed E-state index contributed by atoms with van der Waals surface area (Å²) in [5, 5.41) is 0. The molecule has 1 aliphatic heterocycles. The minimum Gasteiger partial charge on any atom is -0.497 e. The smallest absolute Gasteiger partial charge is 0.248 e. The van der Waals surface area contributed by atoms with Gasteiger partial charge in [-0.3, -0.25) is 0 Å². The van der Waals surface area contributed by atoms with Crippen molar-refractivity contribution < 1.29 is 9.47 Å². The second-order valence-electron chi connectivity index (χ2n) is 5.48. The van der Waals surface area contributed by atoms with Gasteiger partial charge in [0.05, 0.1) is 7.11 Å². The number of methoxy groups -OCH3 is 1. The average Bonchev–Trinajstić information content (AvgIpc) is 2.58. The molecule has 2 aromatic rings. The molecule has 0 spiro atoms. The lowest BCUT2D eigenvalue weighted by molar-refractivity contribution is 0.312. The van der Waals surface area contributed by atoms with E-state index in [1.54, 1.807) is 7.11 Å². The summed E-state index contributed by atoms with van der Waals surface area (Å²) in [6.07, 6.45) is 1.49. The van der Waals surface area contributed by atoms with E-state index >= 15 is 0 Å². The maximum atomic E-state index is 6.22. The molecule has 0 bridgehead atoms. The van der Waals surface area contributed by atoms with Crippen LogP contribution in [0.5, 0.6) is 17.4 Å². The first-order valence-electron chi connectivity index (χ1n) is 7.53. The van der Waals surface area contributed by atoms with Crippen LogP contribution in [0.15, 0.2) is 30.6 Å². The van der Waals surface area contributed by atoms with Gasteiger partial charge in [-0.2, -0.15) is 4.98 Å². The average molecular weight is 315 g/mol. The van der Waals surface area contributed by atoms with Gasteiger partial charge in [-0.1, -0.05) is 0 Å². The van der Waals surface area contributed by atoms with Crippen LogP contribution in [0, 0.1) is 0 Å². The standard InChI is InChI=1S/C16H21N5O2/c1-20-7-9-21(10-8-20)15-14(17)16(19-11-18-15)23-13-5-3-12(22-2)4-6-13/h3-6,11H,7-10,17H2,1-2H3. The number of nitrogens with two attached hydrogens (primary N) is 1. The first kappa shape index (κ1) is 15.4. The Balaban J connectivity index is 1.78. The lowest BCUT2D eigenvalue weighted by Crippen LogP contribution is -2.45. The number of nitrogen functional groups attached to an aromatic ring is 1. The van der Waals surface area contributed by atoms with Crippen molar-refractivity contribution in [2.45, 2.75) is 0 Å². The van der Waals surface area contributed by atoms with E-state index in [0.717, 1.165) is 37.7 Å². The SMILES string of the molecule is COc1ccc(Oc2ncnc(N3CCN(C)CC3)c2N)cc1. The Labute approximate surface area is 135 Å². The lowest BCUT2D eigenvalue weighted by atomic mass is 10.3. The van der Waals surface area contributed by atoms with E-state index in [-0.39, 0.29) is 0 Å². The summed E-state index contributed by atoms with van der Waals surface area (Å²) in [5.74, 6) is 2.53. The molecule has 1 aliphatic rings. The molecule has 7 nitrogen and oxygen atoms in total. The number of benzene rings is 1. The summed E-state index contributed by atoms with van der Waals surface area (Å²) in [6.45, 7) is 3.75. The minimum absolute atomic E-state index is 0.374. The van der Waals surface area contributed by atoms with Crippen LogP contribution in [0.2, 0.25) is 0 Å². The molecule has 0 saturated carbocycles. The van der Waals surface area contributed by atoms with Crippen molar-refractivity contribution in [2.75, 3.05) is 51.0 Å². The maximum Gasteiger partial charge on any atom is 0.248 e. The number of hydrogen-bond acceptors (Lipinski definition) is 7. The molecular weight excluding hydrogens is 294 g/mol. The highest BCUT2D eigenvalue weighted by atomic mass is 16.5. The van der Waals surface area contributed by atoms with Gasteiger partial charge in [0.2, 0.25) is 5.88 Å². The summed E-state index contributed by atoms with van der Waals surface area (Å²) in [5.41, 5.74) is 6.69. The zero-order valence-corrected chi connectivity index (χ0v) is 13.4. The van der Waals surface area contributed by atoms with Gasteiger partial charge in [0, 0.05) is 26.2 Å². The number of likely N-dealkylation sites (N-methyl/N-ethyl adjacent to an activating group) is 1. The van der Waals surface area contributed by atoms with Crippen LogP contribution < -0.4 is 20.1 Å². The number of piperazine rings is 1. The quantitative estimate of drug-likeness (QED) is 0.918. The zero-order valence-electron chi connectivity index (χ0n) is 13.4. The maximum absolute atomic E-state index is 6.22. The Morgan fingerprint density at radius 3 is 2.30 bits per heavy atom. The molecule has 7 heteroatoms. The first-order chi connectivity index (χ1) is 11.2. The van der Waals surface area contributed by atoms with Gasteiger partial charge in [0.15, 0.2) is 5.82 Å². The van der Waals surface area contributed by atoms with Crippen molar-refractivity contribution in [1.29, 1.82) is 0 Å². The second kappa shape index (κ2) is 6.70. The lowest BCUT2D eigenvalue weighted by Gasteiger charge is -2.33. The molecule has 0 amide bonds. The van der Waals surface area contributed by atoms with Crippen LogP contribution in [0.25, 0.3) is 0 Å². The Hall–Kier alpha value is -2.54. The Morgan fingerprint density at radius 2 is 1.65 bits per heavy atom. The predicted octanol–water partition coefficient (Wildman–Crippen LogP) is 1.61. The Kier molecular flexibility index (Phi) is 4.47. The van der Waals surface area contributed by atoms with E-state index in [4.69, 9.17) is 15.2 Å². The number of rotatable bonds is 4. The normalized spacial score (nSPS) is 15.5. The van der Waals surface area contributed by atoms with Gasteiger partial charge >= 0.3 is 0 Å². The molecule has 1 aromatic carbocycles. The third-order valence-electron chi connectivity index (χ3n) is 3.90. The van der Waals surface area contributed by atoms with Crippen molar-refractivity contribution >= 4 is 11.5 Å². The fourth-order valence-electron chi connectivity index (χ4n) is 2.48. The fraction of sp³-hybridized carbons (Fsp3) is 0.375. The molecule has 0 radical (unpaired) electrons. The number of aromatic nitrogens is 2. The van der Waals surface area contributed by atoms with Crippen molar-refractivity contribution in [3.8, 4) is 17.4 Å². The van der Waals surface area contributed by atoms with Gasteiger partial charge in [0.1, 0.15) is 23.5 Å². The third-order valence-corrected chi connectivity index (χ3v) is 3.90. The molecule has 1 fully saturated rings. The molecule has 1 saturated heterocycles. The van der Waals surface area contributed by atoms with Crippen molar-refractivity contribution in [3.63, 3.8) is 0 Å². The van der Waals surface area contributed by atoms with E-state index < -0.39 is 0 Å². The highest BCUT2D eigenvalue weighted by molar-refractivity contribution is 5.68. The highest BCUT2D eigenvalue weighted by Gasteiger charge is 2.20. The highest BCUT2D eigenvalue weighted by Crippen LogP contribution is 2.32. The Bertz CT molecular complexity index is 654. The van der Waals surface area contributed by atoms with E-state index in [1.165, 1.54) is 6.33 Å². The van der Waals surface area contributed by atoms with Gasteiger partial charge in [-0.05, 0) is 31.3 Å². The molecule has 0 aliphatic carbocycles. The molecule has 2 heterocycles. The summed E-state index contributed by atoms with van der Waals surface area (Å²) >= 11 is 0.